The minimum absolute atomic E-state index is 0.133. The summed E-state index contributed by atoms with van der Waals surface area (Å²) in [4.78, 5) is 25.3. The fraction of sp³-hybridized carbons (Fsp3) is 0.538. The highest BCUT2D eigenvalue weighted by Gasteiger charge is 2.27. The Balaban J connectivity index is 2.30. The number of aromatic carboxylic acids is 1. The van der Waals surface area contributed by atoms with E-state index in [1.54, 1.807) is 0 Å². The van der Waals surface area contributed by atoms with Crippen molar-refractivity contribution in [3.05, 3.63) is 27.9 Å². The van der Waals surface area contributed by atoms with Crippen molar-refractivity contribution in [1.82, 2.24) is 9.99 Å². The molecule has 8 nitrogen and oxygen atoms in total. The van der Waals surface area contributed by atoms with Crippen molar-refractivity contribution in [1.29, 1.82) is 0 Å². The molecule has 114 valence electrons. The van der Waals surface area contributed by atoms with Crippen molar-refractivity contribution in [2.24, 2.45) is 0 Å². The summed E-state index contributed by atoms with van der Waals surface area (Å²) in [5.74, 6) is -1.11. The number of carboxylic acids is 1. The predicted octanol–water partition coefficient (Wildman–Crippen LogP) is 2.28. The number of carboxylic acid groups (broad SMARTS) is 1. The summed E-state index contributed by atoms with van der Waals surface area (Å²) < 4.78 is 0. The van der Waals surface area contributed by atoms with Gasteiger partial charge < -0.3 is 10.5 Å². The summed E-state index contributed by atoms with van der Waals surface area (Å²) in [6, 6.07) is 1.51. The first-order chi connectivity index (χ1) is 9.90. The summed E-state index contributed by atoms with van der Waals surface area (Å²) in [6.45, 7) is 4.10. The highest BCUT2D eigenvalue weighted by molar-refractivity contribution is 5.93. The average molecular weight is 294 g/mol. The predicted molar refractivity (Wildman–Crippen MR) is 76.1 cm³/mol. The summed E-state index contributed by atoms with van der Waals surface area (Å²) >= 11 is 0. The number of nitro groups is 1. The summed E-state index contributed by atoms with van der Waals surface area (Å²) in [5, 5.41) is 21.9. The second kappa shape index (κ2) is 6.04. The lowest BCUT2D eigenvalue weighted by Crippen LogP contribution is -2.47. The molecule has 2 rings (SSSR count). The lowest BCUT2D eigenvalue weighted by Gasteiger charge is -2.39. The van der Waals surface area contributed by atoms with Gasteiger partial charge in [-0.1, -0.05) is 6.42 Å². The zero-order chi connectivity index (χ0) is 15.6. The number of pyridine rings is 1. The maximum Gasteiger partial charge on any atom is 0.339 e. The number of nitrogens with one attached hydrogen (secondary N) is 1. The van der Waals surface area contributed by atoms with Crippen molar-refractivity contribution < 1.29 is 14.8 Å². The van der Waals surface area contributed by atoms with Gasteiger partial charge in [-0.2, -0.15) is 0 Å². The molecule has 1 aromatic rings. The Bertz CT molecular complexity index is 553. The van der Waals surface area contributed by atoms with Crippen LogP contribution < -0.4 is 5.43 Å². The molecule has 1 aliphatic heterocycles. The van der Waals surface area contributed by atoms with Gasteiger partial charge in [0.2, 0.25) is 0 Å². The van der Waals surface area contributed by atoms with E-state index in [4.69, 9.17) is 0 Å². The van der Waals surface area contributed by atoms with E-state index in [9.17, 15) is 20.0 Å². The molecule has 8 heteroatoms. The van der Waals surface area contributed by atoms with Crippen molar-refractivity contribution in [3.63, 3.8) is 0 Å². The Labute approximate surface area is 121 Å². The van der Waals surface area contributed by atoms with Gasteiger partial charge in [0, 0.05) is 18.2 Å². The maximum atomic E-state index is 11.3. The van der Waals surface area contributed by atoms with Crippen LogP contribution in [-0.2, 0) is 0 Å². The molecule has 0 spiro atoms. The Hall–Kier alpha value is -2.22. The molecule has 2 N–H and O–H groups in total. The first kappa shape index (κ1) is 15.2. The van der Waals surface area contributed by atoms with Crippen LogP contribution in [0.15, 0.2) is 12.3 Å². The quantitative estimate of drug-likeness (QED) is 0.647. The van der Waals surface area contributed by atoms with E-state index < -0.39 is 10.9 Å². The highest BCUT2D eigenvalue weighted by Crippen LogP contribution is 2.25. The first-order valence-electron chi connectivity index (χ1n) is 6.83. The molecule has 21 heavy (non-hydrogen) atoms. The molecule has 1 aliphatic rings. The lowest BCUT2D eigenvalue weighted by atomic mass is 10.00. The van der Waals surface area contributed by atoms with Crippen molar-refractivity contribution >= 4 is 17.5 Å². The largest absolute Gasteiger partial charge is 0.478 e. The molecule has 1 aromatic heterocycles. The van der Waals surface area contributed by atoms with E-state index in [2.05, 4.69) is 24.3 Å². The second-order valence-electron chi connectivity index (χ2n) is 5.30. The fourth-order valence-corrected chi connectivity index (χ4v) is 2.57. The Kier molecular flexibility index (Phi) is 4.37. The summed E-state index contributed by atoms with van der Waals surface area (Å²) in [6.07, 6.45) is 4.20. The normalized spacial score (nSPS) is 22.8. The van der Waals surface area contributed by atoms with Crippen LogP contribution in [0.1, 0.15) is 43.5 Å². The monoisotopic (exact) mass is 294 g/mol. The van der Waals surface area contributed by atoms with E-state index in [1.807, 2.05) is 5.01 Å². The van der Waals surface area contributed by atoms with E-state index in [0.717, 1.165) is 31.5 Å². The average Bonchev–Trinajstić information content (AvgIpc) is 2.42. The van der Waals surface area contributed by atoms with Gasteiger partial charge >= 0.3 is 5.97 Å². The molecule has 0 amide bonds. The van der Waals surface area contributed by atoms with Gasteiger partial charge in [0.1, 0.15) is 11.8 Å². The molecule has 0 saturated carbocycles. The van der Waals surface area contributed by atoms with Gasteiger partial charge in [0.15, 0.2) is 5.82 Å². The number of hydrazine groups is 1. The third-order valence-corrected chi connectivity index (χ3v) is 3.74. The van der Waals surface area contributed by atoms with Crippen LogP contribution in [0.5, 0.6) is 0 Å². The van der Waals surface area contributed by atoms with E-state index in [0.29, 0.717) is 0 Å². The molecule has 1 fully saturated rings. The van der Waals surface area contributed by atoms with Crippen LogP contribution in [-0.4, -0.2) is 38.1 Å². The molecule has 0 aromatic carbocycles. The smallest absolute Gasteiger partial charge is 0.339 e. The van der Waals surface area contributed by atoms with Crippen LogP contribution in [0.25, 0.3) is 0 Å². The highest BCUT2D eigenvalue weighted by atomic mass is 16.6. The first-order valence-corrected chi connectivity index (χ1v) is 6.83. The van der Waals surface area contributed by atoms with E-state index in [-0.39, 0.29) is 29.2 Å². The standard InChI is InChI=1S/C13H18N4O4/c1-8-4-3-5-9(2)16(8)15-12-11(13(18)19)6-10(7-14-12)17(20)21/h6-9H,3-5H2,1-2H3,(H,14,15)(H,18,19). The van der Waals surface area contributed by atoms with Crippen LogP contribution in [0, 0.1) is 10.1 Å². The maximum absolute atomic E-state index is 11.3. The number of anilines is 1. The fourth-order valence-electron chi connectivity index (χ4n) is 2.57. The molecule has 0 aliphatic carbocycles. The zero-order valence-electron chi connectivity index (χ0n) is 11.9. The van der Waals surface area contributed by atoms with Crippen molar-refractivity contribution in [3.8, 4) is 0 Å². The van der Waals surface area contributed by atoms with Crippen LogP contribution in [0.4, 0.5) is 11.5 Å². The van der Waals surface area contributed by atoms with Gasteiger partial charge in [-0.25, -0.2) is 14.8 Å². The minimum Gasteiger partial charge on any atom is -0.478 e. The number of piperidine rings is 1. The molecular weight excluding hydrogens is 276 g/mol. The van der Waals surface area contributed by atoms with Gasteiger partial charge in [-0.05, 0) is 26.7 Å². The number of hydrogen-bond acceptors (Lipinski definition) is 6. The van der Waals surface area contributed by atoms with Gasteiger partial charge in [-0.15, -0.1) is 0 Å². The Morgan fingerprint density at radius 1 is 1.48 bits per heavy atom. The van der Waals surface area contributed by atoms with Crippen molar-refractivity contribution in [2.75, 3.05) is 5.43 Å². The Morgan fingerprint density at radius 3 is 2.62 bits per heavy atom. The molecule has 1 saturated heterocycles. The van der Waals surface area contributed by atoms with Gasteiger partial charge in [0.05, 0.1) is 4.92 Å². The number of hydrogen-bond donors (Lipinski definition) is 2. The van der Waals surface area contributed by atoms with Crippen molar-refractivity contribution in [2.45, 2.75) is 45.2 Å². The Morgan fingerprint density at radius 2 is 2.10 bits per heavy atom. The van der Waals surface area contributed by atoms with E-state index >= 15 is 0 Å². The summed E-state index contributed by atoms with van der Waals surface area (Å²) in [7, 11) is 0. The van der Waals surface area contributed by atoms with Gasteiger partial charge in [-0.3, -0.25) is 10.1 Å². The number of carbonyl (C=O) groups is 1. The van der Waals surface area contributed by atoms with Gasteiger partial charge in [0.25, 0.3) is 5.69 Å². The van der Waals surface area contributed by atoms with Crippen LogP contribution in [0.3, 0.4) is 0 Å². The lowest BCUT2D eigenvalue weighted by molar-refractivity contribution is -0.385. The number of nitrogens with zero attached hydrogens (tertiary/aromatic N) is 3. The third kappa shape index (κ3) is 3.27. The summed E-state index contributed by atoms with van der Waals surface area (Å²) in [5.41, 5.74) is 2.48. The zero-order valence-corrected chi connectivity index (χ0v) is 11.9. The second-order valence-corrected chi connectivity index (χ2v) is 5.30. The molecule has 0 radical (unpaired) electrons. The number of rotatable bonds is 4. The number of aromatic nitrogens is 1. The topological polar surface area (TPSA) is 109 Å². The molecular formula is C13H18N4O4. The third-order valence-electron chi connectivity index (χ3n) is 3.74. The molecule has 2 unspecified atom stereocenters. The van der Waals surface area contributed by atoms with Crippen LogP contribution >= 0.6 is 0 Å². The minimum atomic E-state index is -1.24. The molecule has 0 bridgehead atoms. The molecule has 2 heterocycles. The SMILES string of the molecule is CC1CCCC(C)N1Nc1ncc([N+](=O)[O-])cc1C(=O)O. The van der Waals surface area contributed by atoms with Crippen LogP contribution in [0.2, 0.25) is 0 Å². The molecule has 2 atom stereocenters. The van der Waals surface area contributed by atoms with E-state index in [1.165, 1.54) is 0 Å².